The zero-order valence-electron chi connectivity index (χ0n) is 9.09. The van der Waals surface area contributed by atoms with Gasteiger partial charge in [-0.15, -0.1) is 0 Å². The highest BCUT2D eigenvalue weighted by Gasteiger charge is 2.27. The Kier molecular flexibility index (Phi) is 4.74. The first kappa shape index (κ1) is 12.2. The highest BCUT2D eigenvalue weighted by atomic mass is 16.5. The summed E-state index contributed by atoms with van der Waals surface area (Å²) in [5.41, 5.74) is 0.0490. The Morgan fingerprint density at radius 3 is 2.54 bits per heavy atom. The van der Waals surface area contributed by atoms with Crippen molar-refractivity contribution in [1.29, 1.82) is 0 Å². The average Bonchev–Trinajstić information content (AvgIpc) is 2.04. The number of rotatable bonds is 5. The average molecular weight is 184 g/mol. The van der Waals surface area contributed by atoms with E-state index in [1.165, 1.54) is 6.08 Å². The summed E-state index contributed by atoms with van der Waals surface area (Å²) in [5, 5.41) is 0. The number of hydrogen-bond donors (Lipinski definition) is 0. The fourth-order valence-corrected chi connectivity index (χ4v) is 1.23. The van der Waals surface area contributed by atoms with Gasteiger partial charge in [0.15, 0.2) is 0 Å². The summed E-state index contributed by atoms with van der Waals surface area (Å²) in [6.07, 6.45) is 3.30. The second-order valence-corrected chi connectivity index (χ2v) is 4.02. The minimum absolute atomic E-state index is 0.0490. The maximum absolute atomic E-state index is 10.9. The van der Waals surface area contributed by atoms with Crippen molar-refractivity contribution in [2.45, 2.75) is 46.6 Å². The predicted octanol–water partition coefficient (Wildman–Crippen LogP) is 2.93. The lowest BCUT2D eigenvalue weighted by molar-refractivity contribution is -0.148. The first-order chi connectivity index (χ1) is 5.94. The minimum atomic E-state index is -0.336. The van der Waals surface area contributed by atoms with Crippen LogP contribution in [0.5, 0.6) is 0 Å². The predicted molar refractivity (Wildman–Crippen MR) is 54.4 cm³/mol. The van der Waals surface area contributed by atoms with Crippen LogP contribution in [0.2, 0.25) is 0 Å². The molecule has 0 aromatic carbocycles. The molecule has 0 aliphatic rings. The first-order valence-electron chi connectivity index (χ1n) is 4.77. The van der Waals surface area contributed by atoms with Crippen LogP contribution < -0.4 is 0 Å². The molecule has 0 heterocycles. The van der Waals surface area contributed by atoms with E-state index in [9.17, 15) is 4.79 Å². The summed E-state index contributed by atoms with van der Waals surface area (Å²) in [6, 6.07) is 0. The van der Waals surface area contributed by atoms with Gasteiger partial charge in [-0.1, -0.05) is 33.8 Å². The van der Waals surface area contributed by atoms with Gasteiger partial charge in [0.1, 0.15) is 6.10 Å². The maximum Gasteiger partial charge on any atom is 0.330 e. The molecule has 0 bridgehead atoms. The molecule has 76 valence electrons. The van der Waals surface area contributed by atoms with Crippen LogP contribution in [0, 0.1) is 5.41 Å². The second kappa shape index (κ2) is 5.05. The molecule has 0 rings (SSSR count). The molecule has 13 heavy (non-hydrogen) atoms. The second-order valence-electron chi connectivity index (χ2n) is 4.02. The van der Waals surface area contributed by atoms with E-state index in [-0.39, 0.29) is 17.5 Å². The number of carbonyl (C=O) groups is 1. The minimum Gasteiger partial charge on any atom is -0.459 e. The zero-order valence-corrected chi connectivity index (χ0v) is 9.09. The summed E-state index contributed by atoms with van der Waals surface area (Å²) in [5.74, 6) is -0.336. The van der Waals surface area contributed by atoms with Crippen LogP contribution >= 0.6 is 0 Å². The number of ether oxygens (including phenoxy) is 1. The highest BCUT2D eigenvalue weighted by Crippen LogP contribution is 2.28. The Balaban J connectivity index is 4.14. The lowest BCUT2D eigenvalue weighted by Crippen LogP contribution is -2.30. The van der Waals surface area contributed by atoms with Gasteiger partial charge in [0.2, 0.25) is 0 Å². The van der Waals surface area contributed by atoms with Gasteiger partial charge < -0.3 is 4.74 Å². The van der Waals surface area contributed by atoms with Crippen molar-refractivity contribution in [2.24, 2.45) is 5.41 Å². The van der Waals surface area contributed by atoms with Crippen molar-refractivity contribution in [3.8, 4) is 0 Å². The molecular weight excluding hydrogens is 164 g/mol. The molecule has 0 amide bonds. The first-order valence-corrected chi connectivity index (χ1v) is 4.77. The largest absolute Gasteiger partial charge is 0.459 e. The molecule has 1 unspecified atom stereocenters. The summed E-state index contributed by atoms with van der Waals surface area (Å²) in [4.78, 5) is 10.9. The number of carbonyl (C=O) groups excluding carboxylic acids is 1. The number of esters is 1. The van der Waals surface area contributed by atoms with Crippen LogP contribution in [-0.2, 0) is 9.53 Å². The Bertz CT molecular complexity index is 183. The van der Waals surface area contributed by atoms with Crippen molar-refractivity contribution >= 4 is 5.97 Å². The van der Waals surface area contributed by atoms with Crippen molar-refractivity contribution in [1.82, 2.24) is 0 Å². The molecule has 0 aliphatic carbocycles. The zero-order chi connectivity index (χ0) is 10.5. The third-order valence-corrected chi connectivity index (χ3v) is 2.45. The lowest BCUT2D eigenvalue weighted by Gasteiger charge is -2.30. The Labute approximate surface area is 81.0 Å². The summed E-state index contributed by atoms with van der Waals surface area (Å²) >= 11 is 0. The van der Waals surface area contributed by atoms with Crippen LogP contribution in [0.1, 0.15) is 40.5 Å². The van der Waals surface area contributed by atoms with Crippen LogP contribution in [-0.4, -0.2) is 12.1 Å². The van der Waals surface area contributed by atoms with E-state index in [2.05, 4.69) is 27.4 Å². The summed E-state index contributed by atoms with van der Waals surface area (Å²) in [7, 11) is 0. The van der Waals surface area contributed by atoms with Crippen LogP contribution in [0.4, 0.5) is 0 Å². The Morgan fingerprint density at radius 1 is 1.62 bits per heavy atom. The molecule has 0 saturated carbocycles. The van der Waals surface area contributed by atoms with E-state index in [0.29, 0.717) is 0 Å². The van der Waals surface area contributed by atoms with E-state index >= 15 is 0 Å². The molecule has 0 saturated heterocycles. The van der Waals surface area contributed by atoms with E-state index in [4.69, 9.17) is 4.74 Å². The van der Waals surface area contributed by atoms with Crippen molar-refractivity contribution in [3.05, 3.63) is 12.7 Å². The van der Waals surface area contributed by atoms with Crippen LogP contribution in [0.3, 0.4) is 0 Å². The van der Waals surface area contributed by atoms with E-state index < -0.39 is 0 Å². The molecule has 1 atom stereocenters. The fraction of sp³-hybridized carbons (Fsp3) is 0.727. The summed E-state index contributed by atoms with van der Waals surface area (Å²) in [6.45, 7) is 11.6. The van der Waals surface area contributed by atoms with Gasteiger partial charge in [-0.3, -0.25) is 0 Å². The Morgan fingerprint density at radius 2 is 2.15 bits per heavy atom. The van der Waals surface area contributed by atoms with E-state index in [1.807, 2.05) is 6.92 Å². The van der Waals surface area contributed by atoms with Crippen molar-refractivity contribution in [2.75, 3.05) is 0 Å². The van der Waals surface area contributed by atoms with E-state index in [1.54, 1.807) is 0 Å². The summed E-state index contributed by atoms with van der Waals surface area (Å²) < 4.78 is 5.16. The van der Waals surface area contributed by atoms with Crippen LogP contribution in [0.25, 0.3) is 0 Å². The molecule has 0 aromatic rings. The number of hydrogen-bond acceptors (Lipinski definition) is 2. The molecule has 0 N–H and O–H groups in total. The molecule has 0 fully saturated rings. The molecule has 0 aliphatic heterocycles. The topological polar surface area (TPSA) is 26.3 Å². The molecular formula is C11H20O2. The monoisotopic (exact) mass is 184 g/mol. The quantitative estimate of drug-likeness (QED) is 0.485. The van der Waals surface area contributed by atoms with E-state index in [0.717, 1.165) is 12.8 Å². The molecule has 0 spiro atoms. The molecule has 2 nitrogen and oxygen atoms in total. The van der Waals surface area contributed by atoms with Crippen molar-refractivity contribution in [3.63, 3.8) is 0 Å². The Hall–Kier alpha value is -0.790. The van der Waals surface area contributed by atoms with Gasteiger partial charge in [0.05, 0.1) is 0 Å². The van der Waals surface area contributed by atoms with Gasteiger partial charge in [-0.05, 0) is 13.3 Å². The molecule has 0 aromatic heterocycles. The van der Waals surface area contributed by atoms with Crippen molar-refractivity contribution < 1.29 is 9.53 Å². The highest BCUT2D eigenvalue weighted by molar-refractivity contribution is 5.81. The fourth-order valence-electron chi connectivity index (χ4n) is 1.23. The van der Waals surface area contributed by atoms with Gasteiger partial charge in [-0.25, -0.2) is 4.79 Å². The van der Waals surface area contributed by atoms with Crippen LogP contribution in [0.15, 0.2) is 12.7 Å². The third-order valence-electron chi connectivity index (χ3n) is 2.45. The lowest BCUT2D eigenvalue weighted by atomic mass is 9.83. The van der Waals surface area contributed by atoms with Gasteiger partial charge in [-0.2, -0.15) is 0 Å². The van der Waals surface area contributed by atoms with Gasteiger partial charge in [0, 0.05) is 11.5 Å². The molecule has 2 heteroatoms. The third kappa shape index (κ3) is 4.11. The SMILES string of the molecule is C=CC(=O)OC(C)C(C)(C)CCC. The smallest absolute Gasteiger partial charge is 0.330 e. The molecule has 0 radical (unpaired) electrons. The van der Waals surface area contributed by atoms with Gasteiger partial charge >= 0.3 is 5.97 Å². The maximum atomic E-state index is 10.9. The standard InChI is InChI=1S/C11H20O2/c1-6-8-11(4,5)9(3)13-10(12)7-2/h7,9H,2,6,8H2,1,3-5H3. The normalized spacial score (nSPS) is 13.5. The van der Waals surface area contributed by atoms with Gasteiger partial charge in [0.25, 0.3) is 0 Å².